The minimum Gasteiger partial charge on any atom is -0.331 e. The van der Waals surface area contributed by atoms with Crippen molar-refractivity contribution < 1.29 is 17.6 Å². The first-order valence-corrected chi connectivity index (χ1v) is 11.3. The summed E-state index contributed by atoms with van der Waals surface area (Å²) in [4.78, 5) is 14.5. The van der Waals surface area contributed by atoms with E-state index in [9.17, 15) is 17.6 Å². The fourth-order valence-electron chi connectivity index (χ4n) is 3.67. The highest BCUT2D eigenvalue weighted by Gasteiger charge is 2.35. The number of carbonyl (C=O) groups is 1. The number of rotatable bonds is 5. The molecule has 1 aliphatic carbocycles. The van der Waals surface area contributed by atoms with Crippen molar-refractivity contribution in [1.29, 1.82) is 0 Å². The van der Waals surface area contributed by atoms with Gasteiger partial charge in [0, 0.05) is 26.2 Å². The van der Waals surface area contributed by atoms with Crippen LogP contribution in [0.1, 0.15) is 24.4 Å². The van der Waals surface area contributed by atoms with Gasteiger partial charge < -0.3 is 10.2 Å². The molecule has 1 atom stereocenters. The summed E-state index contributed by atoms with van der Waals surface area (Å²) in [5, 5.41) is 3.13. The number of amides is 2. The minimum atomic E-state index is -3.69. The summed E-state index contributed by atoms with van der Waals surface area (Å²) in [5.74, 6) is -0.0180. The summed E-state index contributed by atoms with van der Waals surface area (Å²) < 4.78 is 39.9. The Labute approximate surface area is 170 Å². The molecule has 2 aromatic rings. The van der Waals surface area contributed by atoms with Crippen molar-refractivity contribution in [3.05, 3.63) is 66.0 Å². The zero-order valence-corrected chi connectivity index (χ0v) is 16.8. The molecule has 0 aromatic heterocycles. The standard InChI is InChI=1S/C21H24FN3O3S/c22-18-8-10-19(11-9-18)29(27,28)25-14-12-24(13-15-25)21(26)23-20(17-6-7-17)16-4-2-1-3-5-16/h1-5,8-11,17,20H,6-7,12-15H2,(H,23,26)/t20-/m1/s1. The molecule has 4 rings (SSSR count). The molecule has 1 saturated carbocycles. The molecule has 2 amide bonds. The van der Waals surface area contributed by atoms with Crippen LogP contribution in [0, 0.1) is 11.7 Å². The topological polar surface area (TPSA) is 69.7 Å². The van der Waals surface area contributed by atoms with Gasteiger partial charge in [0.1, 0.15) is 5.82 Å². The maximum absolute atomic E-state index is 13.1. The molecule has 0 bridgehead atoms. The number of nitrogens with zero attached hydrogens (tertiary/aromatic N) is 2. The van der Waals surface area contributed by atoms with E-state index >= 15 is 0 Å². The number of hydrogen-bond donors (Lipinski definition) is 1. The lowest BCUT2D eigenvalue weighted by Gasteiger charge is -2.35. The van der Waals surface area contributed by atoms with Crippen LogP contribution in [0.5, 0.6) is 0 Å². The summed E-state index contributed by atoms with van der Waals surface area (Å²) in [6.45, 7) is 1.07. The lowest BCUT2D eigenvalue weighted by Crippen LogP contribution is -2.53. The van der Waals surface area contributed by atoms with E-state index in [0.29, 0.717) is 19.0 Å². The molecule has 1 heterocycles. The monoisotopic (exact) mass is 417 g/mol. The molecule has 0 spiro atoms. The van der Waals surface area contributed by atoms with E-state index in [4.69, 9.17) is 0 Å². The number of hydrogen-bond acceptors (Lipinski definition) is 3. The Bertz CT molecular complexity index is 954. The van der Waals surface area contributed by atoms with Crippen LogP contribution in [0.25, 0.3) is 0 Å². The molecule has 6 nitrogen and oxygen atoms in total. The molecule has 1 N–H and O–H groups in total. The van der Waals surface area contributed by atoms with Gasteiger partial charge in [-0.05, 0) is 48.6 Å². The van der Waals surface area contributed by atoms with Gasteiger partial charge in [-0.1, -0.05) is 30.3 Å². The Morgan fingerprint density at radius 2 is 1.59 bits per heavy atom. The van der Waals surface area contributed by atoms with Crippen LogP contribution in [0.3, 0.4) is 0 Å². The van der Waals surface area contributed by atoms with Gasteiger partial charge in [0.2, 0.25) is 10.0 Å². The van der Waals surface area contributed by atoms with Crippen LogP contribution < -0.4 is 5.32 Å². The maximum Gasteiger partial charge on any atom is 0.317 e. The minimum absolute atomic E-state index is 0.00956. The van der Waals surface area contributed by atoms with Gasteiger partial charge in [-0.2, -0.15) is 4.31 Å². The van der Waals surface area contributed by atoms with Crippen molar-refractivity contribution in [1.82, 2.24) is 14.5 Å². The molecular formula is C21H24FN3O3S. The Hall–Kier alpha value is -2.45. The number of carbonyl (C=O) groups excluding carboxylic acids is 1. The molecule has 2 aliphatic rings. The van der Waals surface area contributed by atoms with E-state index in [1.165, 1.54) is 16.4 Å². The number of nitrogens with one attached hydrogen (secondary N) is 1. The Balaban J connectivity index is 1.37. The molecule has 0 unspecified atom stereocenters. The molecule has 2 fully saturated rings. The van der Waals surface area contributed by atoms with Crippen molar-refractivity contribution in [2.24, 2.45) is 5.92 Å². The number of benzene rings is 2. The molecular weight excluding hydrogens is 393 g/mol. The van der Waals surface area contributed by atoms with E-state index < -0.39 is 15.8 Å². The molecule has 8 heteroatoms. The third-order valence-electron chi connectivity index (χ3n) is 5.51. The summed E-state index contributed by atoms with van der Waals surface area (Å²) >= 11 is 0. The van der Waals surface area contributed by atoms with Crippen molar-refractivity contribution in [3.63, 3.8) is 0 Å². The third-order valence-corrected chi connectivity index (χ3v) is 7.42. The van der Waals surface area contributed by atoms with Gasteiger partial charge in [0.25, 0.3) is 0 Å². The fraction of sp³-hybridized carbons (Fsp3) is 0.381. The predicted molar refractivity (Wildman–Crippen MR) is 107 cm³/mol. The summed E-state index contributed by atoms with van der Waals surface area (Å²) in [5.41, 5.74) is 1.10. The number of urea groups is 1. The first-order chi connectivity index (χ1) is 13.9. The maximum atomic E-state index is 13.1. The van der Waals surface area contributed by atoms with Crippen LogP contribution in [0.15, 0.2) is 59.5 Å². The Morgan fingerprint density at radius 1 is 0.966 bits per heavy atom. The summed E-state index contributed by atoms with van der Waals surface area (Å²) in [7, 11) is -3.69. The summed E-state index contributed by atoms with van der Waals surface area (Å²) in [6.07, 6.45) is 2.20. The quantitative estimate of drug-likeness (QED) is 0.813. The number of halogens is 1. The first-order valence-electron chi connectivity index (χ1n) is 9.81. The van der Waals surface area contributed by atoms with Gasteiger partial charge in [-0.15, -0.1) is 0 Å². The van der Waals surface area contributed by atoms with E-state index in [-0.39, 0.29) is 30.1 Å². The van der Waals surface area contributed by atoms with E-state index in [1.807, 2.05) is 30.3 Å². The van der Waals surface area contributed by atoms with Gasteiger partial charge in [-0.25, -0.2) is 17.6 Å². The molecule has 1 saturated heterocycles. The second-order valence-electron chi connectivity index (χ2n) is 7.52. The first kappa shape index (κ1) is 19.8. The fourth-order valence-corrected chi connectivity index (χ4v) is 5.10. The molecule has 2 aromatic carbocycles. The zero-order chi connectivity index (χ0) is 20.4. The zero-order valence-electron chi connectivity index (χ0n) is 16.0. The second-order valence-corrected chi connectivity index (χ2v) is 9.46. The molecule has 0 radical (unpaired) electrons. The van der Waals surface area contributed by atoms with Gasteiger partial charge >= 0.3 is 6.03 Å². The highest BCUT2D eigenvalue weighted by molar-refractivity contribution is 7.89. The van der Waals surface area contributed by atoms with Crippen molar-refractivity contribution >= 4 is 16.1 Å². The van der Waals surface area contributed by atoms with Crippen LogP contribution in [0.2, 0.25) is 0 Å². The average molecular weight is 418 g/mol. The average Bonchev–Trinajstić information content (AvgIpc) is 3.58. The van der Waals surface area contributed by atoms with Crippen LogP contribution in [0.4, 0.5) is 9.18 Å². The van der Waals surface area contributed by atoms with Gasteiger partial charge in [-0.3, -0.25) is 0 Å². The number of sulfonamides is 1. The van der Waals surface area contributed by atoms with E-state index in [0.717, 1.165) is 30.5 Å². The second kappa shape index (κ2) is 8.12. The van der Waals surface area contributed by atoms with Crippen LogP contribution >= 0.6 is 0 Å². The smallest absolute Gasteiger partial charge is 0.317 e. The Kier molecular flexibility index (Phi) is 5.56. The van der Waals surface area contributed by atoms with Gasteiger partial charge in [0.05, 0.1) is 10.9 Å². The van der Waals surface area contributed by atoms with Crippen LogP contribution in [-0.4, -0.2) is 49.8 Å². The van der Waals surface area contributed by atoms with Crippen molar-refractivity contribution in [2.75, 3.05) is 26.2 Å². The molecule has 1 aliphatic heterocycles. The lowest BCUT2D eigenvalue weighted by molar-refractivity contribution is 0.167. The van der Waals surface area contributed by atoms with Crippen molar-refractivity contribution in [3.8, 4) is 0 Å². The normalized spacial score (nSPS) is 19.0. The number of piperazine rings is 1. The molecule has 29 heavy (non-hydrogen) atoms. The predicted octanol–water partition coefficient (Wildman–Crippen LogP) is 2.99. The van der Waals surface area contributed by atoms with E-state index in [1.54, 1.807) is 4.90 Å². The highest BCUT2D eigenvalue weighted by atomic mass is 32.2. The van der Waals surface area contributed by atoms with Gasteiger partial charge in [0.15, 0.2) is 0 Å². The lowest BCUT2D eigenvalue weighted by atomic mass is 10.0. The Morgan fingerprint density at radius 3 is 2.17 bits per heavy atom. The van der Waals surface area contributed by atoms with Crippen LogP contribution in [-0.2, 0) is 10.0 Å². The molecule has 154 valence electrons. The summed E-state index contributed by atoms with van der Waals surface area (Å²) in [6, 6.07) is 14.6. The SMILES string of the molecule is O=C(N[C@H](c1ccccc1)C1CC1)N1CCN(S(=O)(=O)c2ccc(F)cc2)CC1. The largest absolute Gasteiger partial charge is 0.331 e. The third kappa shape index (κ3) is 4.43. The van der Waals surface area contributed by atoms with Crippen molar-refractivity contribution in [2.45, 2.75) is 23.8 Å². The van der Waals surface area contributed by atoms with E-state index in [2.05, 4.69) is 5.32 Å². The highest BCUT2D eigenvalue weighted by Crippen LogP contribution is 2.41.